The van der Waals surface area contributed by atoms with Crippen molar-refractivity contribution in [2.75, 3.05) is 57.7 Å². The lowest BCUT2D eigenvalue weighted by atomic mass is 10.1. The minimum absolute atomic E-state index is 0.0233. The zero-order valence-corrected chi connectivity index (χ0v) is 45.9. The van der Waals surface area contributed by atoms with Gasteiger partial charge in [-0.15, -0.1) is 17.4 Å². The van der Waals surface area contributed by atoms with E-state index in [1.807, 2.05) is 38.1 Å². The average molecular weight is 1060 g/mol. The number of methoxy groups -OCH3 is 2. The molecule has 0 fully saturated rings. The van der Waals surface area contributed by atoms with Crippen LogP contribution in [0, 0.1) is 0 Å². The molecule has 0 radical (unpaired) electrons. The number of ether oxygens (including phenoxy) is 4. The van der Waals surface area contributed by atoms with E-state index in [4.69, 9.17) is 47.9 Å². The van der Waals surface area contributed by atoms with Crippen LogP contribution in [0.15, 0.2) is 119 Å². The maximum Gasteiger partial charge on any atom is 0.343 e. The van der Waals surface area contributed by atoms with E-state index < -0.39 is 11.9 Å². The summed E-state index contributed by atoms with van der Waals surface area (Å²) >= 11 is 11.7. The normalized spacial score (nSPS) is 11.1. The maximum absolute atomic E-state index is 12.9. The van der Waals surface area contributed by atoms with Crippen molar-refractivity contribution in [3.05, 3.63) is 163 Å². The molecule has 0 aliphatic heterocycles. The number of nitrogens with one attached hydrogen (secondary N) is 2. The Labute approximate surface area is 443 Å². The molecule has 4 heterocycles. The third kappa shape index (κ3) is 22.2. The van der Waals surface area contributed by atoms with E-state index in [0.29, 0.717) is 46.7 Å². The lowest BCUT2D eigenvalue weighted by molar-refractivity contribution is 0.0492. The average Bonchev–Trinajstić information content (AvgIpc) is 3.39. The summed E-state index contributed by atoms with van der Waals surface area (Å²) in [5, 5.41) is 7.52. The molecule has 17 nitrogen and oxygen atoms in total. The van der Waals surface area contributed by atoms with Crippen LogP contribution in [-0.2, 0) is 9.47 Å². The molecule has 20 heteroatoms. The molecule has 0 saturated heterocycles. The number of anilines is 2. The number of hydrogen-bond acceptors (Lipinski definition) is 15. The van der Waals surface area contributed by atoms with Crippen molar-refractivity contribution >= 4 is 61.2 Å². The molecule has 0 amide bonds. The van der Waals surface area contributed by atoms with E-state index in [1.165, 1.54) is 21.3 Å². The molecule has 0 aliphatic carbocycles. The van der Waals surface area contributed by atoms with Gasteiger partial charge in [0.05, 0.1) is 39.5 Å². The Morgan fingerprint density at radius 2 is 1.04 bits per heavy atom. The number of aromatic nitrogens is 6. The van der Waals surface area contributed by atoms with Gasteiger partial charge in [0.15, 0.2) is 0 Å². The molecule has 4 aromatic heterocycles. The van der Waals surface area contributed by atoms with Gasteiger partial charge in [-0.2, -0.15) is 9.97 Å². The third-order valence-corrected chi connectivity index (χ3v) is 10.9. The molecule has 6 rings (SSSR count). The SMILES string of the molecule is CCOC(=O)c1cccn(C(C)c2ccc(Cl)cc2)c1=O.COc1ccnc(NCCCCCN)n1.COc1ccnc(NCCCCCOC(=O)c2cccn(C(C)c3ccc(Cl)cc3)c2=O)n1.[CH3][Al]([CH3])[CH3]. The van der Waals surface area contributed by atoms with Gasteiger partial charge in [-0.3, -0.25) is 9.59 Å². The van der Waals surface area contributed by atoms with Crippen molar-refractivity contribution in [1.29, 1.82) is 0 Å². The van der Waals surface area contributed by atoms with Crippen LogP contribution in [-0.4, -0.2) is 102 Å². The van der Waals surface area contributed by atoms with E-state index in [0.717, 1.165) is 56.3 Å². The van der Waals surface area contributed by atoms with E-state index >= 15 is 0 Å². The standard InChI is InChI=1S/C24H27ClN4O4.C16H16ClNO3.C10H18N4O.3CH3.Al/c1-17(18-8-10-19(25)11-9-18)29-15-6-7-20(22(29)30)23(31)33-16-5-3-4-13-26-24-27-14-12-21(28-24)32-2;1-3-21-16(20)14-5-4-10-18(15(14)19)11(2)12-6-8-13(17)9-7-12;1-15-9-5-8-13-10(14-9)12-7-4-2-3-6-11;;;;/h6-12,14-15,17H,3-5,13,16H2,1-2H3,(H,26,27,28);4-11H,3H2,1-2H3;5,8H,2-4,6-7,11H2,1H3,(H,12,13,14);3*1H3;. The van der Waals surface area contributed by atoms with E-state index in [-0.39, 0.29) is 61.7 Å². The molecule has 0 spiro atoms. The van der Waals surface area contributed by atoms with E-state index in [1.54, 1.807) is 94.5 Å². The molecule has 0 saturated carbocycles. The van der Waals surface area contributed by atoms with Gasteiger partial charge in [0.2, 0.25) is 23.7 Å². The van der Waals surface area contributed by atoms with Gasteiger partial charge in [0.25, 0.3) is 25.3 Å². The van der Waals surface area contributed by atoms with Crippen molar-refractivity contribution in [3.8, 4) is 11.8 Å². The van der Waals surface area contributed by atoms with Crippen LogP contribution in [0.3, 0.4) is 0 Å². The zero-order chi connectivity index (χ0) is 53.5. The van der Waals surface area contributed by atoms with Crippen LogP contribution >= 0.6 is 23.2 Å². The molecule has 0 bridgehead atoms. The second-order valence-electron chi connectivity index (χ2n) is 16.9. The quantitative estimate of drug-likeness (QED) is 0.0327. The number of carbonyl (C=O) groups excluding carboxylic acids is 2. The summed E-state index contributed by atoms with van der Waals surface area (Å²) in [5.74, 6) is 7.91. The lowest BCUT2D eigenvalue weighted by Gasteiger charge is -2.16. The molecule has 2 atom stereocenters. The number of unbranched alkanes of at least 4 members (excludes halogenated alkanes) is 4. The second-order valence-corrected chi connectivity index (χ2v) is 21.3. The molecule has 6 aromatic rings. The molecule has 2 unspecified atom stereocenters. The van der Waals surface area contributed by atoms with Crippen LogP contribution in [0.1, 0.15) is 103 Å². The Hall–Kier alpha value is -6.29. The number of esters is 2. The number of hydrogen-bond donors (Lipinski definition) is 3. The Balaban J connectivity index is 0.000000300. The number of nitrogens with two attached hydrogens (primary N) is 1. The fourth-order valence-electron chi connectivity index (χ4n) is 6.53. The molecule has 73 heavy (non-hydrogen) atoms. The van der Waals surface area contributed by atoms with Crippen molar-refractivity contribution in [2.24, 2.45) is 5.73 Å². The van der Waals surface area contributed by atoms with Gasteiger partial charge in [0.1, 0.15) is 11.1 Å². The van der Waals surface area contributed by atoms with E-state index in [9.17, 15) is 19.2 Å². The minimum atomic E-state index is -0.611. The predicted molar refractivity (Wildman–Crippen MR) is 292 cm³/mol. The lowest BCUT2D eigenvalue weighted by Crippen LogP contribution is -2.29. The van der Waals surface area contributed by atoms with Gasteiger partial charge in [-0.05, 0) is 119 Å². The highest BCUT2D eigenvalue weighted by Crippen LogP contribution is 2.21. The summed E-state index contributed by atoms with van der Waals surface area (Å²) in [6, 6.07) is 23.8. The number of pyridine rings is 2. The fraction of sp³-hybridized carbons (Fsp3) is 0.396. The first-order valence-corrected chi connectivity index (χ1v) is 28.5. The zero-order valence-electron chi connectivity index (χ0n) is 43.2. The topological polar surface area (TPSA) is 217 Å². The van der Waals surface area contributed by atoms with Crippen molar-refractivity contribution in [3.63, 3.8) is 0 Å². The Morgan fingerprint density at radius 3 is 1.44 bits per heavy atom. The van der Waals surface area contributed by atoms with Crippen molar-refractivity contribution in [2.45, 2.75) is 88.7 Å². The highest BCUT2D eigenvalue weighted by molar-refractivity contribution is 6.54. The Bertz CT molecular complexity index is 2670. The first-order chi connectivity index (χ1) is 35.1. The molecule has 4 N–H and O–H groups in total. The minimum Gasteiger partial charge on any atom is -0.481 e. The molecule has 2 aromatic carbocycles. The molecular formula is C53H70AlCl2N9O8. The Morgan fingerprint density at radius 1 is 0.630 bits per heavy atom. The molecular weight excluding hydrogens is 989 g/mol. The van der Waals surface area contributed by atoms with E-state index in [2.05, 4.69) is 47.9 Å². The number of nitrogens with zero attached hydrogens (tertiary/aromatic N) is 6. The predicted octanol–water partition coefficient (Wildman–Crippen LogP) is 10.0. The largest absolute Gasteiger partial charge is 0.481 e. The second kappa shape index (κ2) is 34.2. The summed E-state index contributed by atoms with van der Waals surface area (Å²) in [4.78, 5) is 66.0. The number of carbonyl (C=O) groups is 2. The van der Waals surface area contributed by atoms with Crippen LogP contribution in [0.4, 0.5) is 11.9 Å². The third-order valence-electron chi connectivity index (χ3n) is 10.4. The van der Waals surface area contributed by atoms with Gasteiger partial charge in [0, 0.05) is 60.1 Å². The Kier molecular flexibility index (Phi) is 28.6. The summed E-state index contributed by atoms with van der Waals surface area (Å²) in [7, 11) is 3.14. The summed E-state index contributed by atoms with van der Waals surface area (Å²) in [5.41, 5.74) is 6.57. The van der Waals surface area contributed by atoms with Crippen LogP contribution in [0.25, 0.3) is 0 Å². The van der Waals surface area contributed by atoms with Gasteiger partial charge in [-0.25, -0.2) is 19.6 Å². The van der Waals surface area contributed by atoms with Crippen LogP contribution < -0.4 is 37.0 Å². The highest BCUT2D eigenvalue weighted by atomic mass is 35.5. The van der Waals surface area contributed by atoms with Crippen molar-refractivity contribution in [1.82, 2.24) is 29.1 Å². The van der Waals surface area contributed by atoms with Gasteiger partial charge < -0.3 is 44.4 Å². The maximum atomic E-state index is 12.9. The highest BCUT2D eigenvalue weighted by Gasteiger charge is 2.18. The summed E-state index contributed by atoms with van der Waals surface area (Å²) in [6.45, 7) is 8.28. The number of halogens is 2. The monoisotopic (exact) mass is 1060 g/mol. The molecule has 392 valence electrons. The van der Waals surface area contributed by atoms with Crippen LogP contribution in [0.2, 0.25) is 27.4 Å². The first-order valence-electron chi connectivity index (χ1n) is 24.3. The van der Waals surface area contributed by atoms with Gasteiger partial charge in [-0.1, -0.05) is 53.9 Å². The van der Waals surface area contributed by atoms with Gasteiger partial charge >= 0.3 is 11.9 Å². The number of benzene rings is 2. The smallest absolute Gasteiger partial charge is 0.343 e. The molecule has 0 aliphatic rings. The first kappa shape index (κ1) is 61.0. The van der Waals surface area contributed by atoms with Crippen molar-refractivity contribution < 1.29 is 28.5 Å². The summed E-state index contributed by atoms with van der Waals surface area (Å²) < 4.78 is 23.3. The summed E-state index contributed by atoms with van der Waals surface area (Å²) in [6.07, 6.45) is 12.3. The van der Waals surface area contributed by atoms with Crippen LogP contribution in [0.5, 0.6) is 11.8 Å². The number of rotatable bonds is 22. The fourth-order valence-corrected chi connectivity index (χ4v) is 6.78.